The maximum atomic E-state index is 12.1. The first-order chi connectivity index (χ1) is 9.74. The third-order valence-corrected chi connectivity index (χ3v) is 3.42. The SMILES string of the molecule is O=C(OCc1cccc(Br)c1)c1n[nH]c2ccccc12. The van der Waals surface area contributed by atoms with Gasteiger partial charge < -0.3 is 4.74 Å². The maximum absolute atomic E-state index is 12.1. The molecule has 3 aromatic rings. The Morgan fingerprint density at radius 3 is 2.90 bits per heavy atom. The number of carbonyl (C=O) groups excluding carboxylic acids is 1. The van der Waals surface area contributed by atoms with Crippen LogP contribution in [0.4, 0.5) is 0 Å². The van der Waals surface area contributed by atoms with Crippen LogP contribution in [0.5, 0.6) is 0 Å². The largest absolute Gasteiger partial charge is 0.456 e. The van der Waals surface area contributed by atoms with Gasteiger partial charge in [-0.3, -0.25) is 5.10 Å². The van der Waals surface area contributed by atoms with Gasteiger partial charge in [0.2, 0.25) is 0 Å². The van der Waals surface area contributed by atoms with Gasteiger partial charge in [-0.05, 0) is 23.8 Å². The van der Waals surface area contributed by atoms with Gasteiger partial charge in [0, 0.05) is 9.86 Å². The predicted octanol–water partition coefficient (Wildman–Crippen LogP) is 3.68. The van der Waals surface area contributed by atoms with E-state index in [9.17, 15) is 4.79 Å². The Labute approximate surface area is 123 Å². The molecular weight excluding hydrogens is 320 g/mol. The molecule has 0 fully saturated rings. The first-order valence-electron chi connectivity index (χ1n) is 6.09. The van der Waals surface area contributed by atoms with Gasteiger partial charge in [0.1, 0.15) is 6.61 Å². The Bertz CT molecular complexity index is 767. The summed E-state index contributed by atoms with van der Waals surface area (Å²) in [5, 5.41) is 7.60. The van der Waals surface area contributed by atoms with E-state index in [1.54, 1.807) is 0 Å². The zero-order chi connectivity index (χ0) is 13.9. The number of nitrogens with one attached hydrogen (secondary N) is 1. The molecule has 0 saturated heterocycles. The molecule has 1 N–H and O–H groups in total. The van der Waals surface area contributed by atoms with Gasteiger partial charge >= 0.3 is 5.97 Å². The lowest BCUT2D eigenvalue weighted by atomic mass is 10.2. The summed E-state index contributed by atoms with van der Waals surface area (Å²) in [6.07, 6.45) is 0. The molecule has 0 aliphatic carbocycles. The van der Waals surface area contributed by atoms with Crippen molar-refractivity contribution in [2.45, 2.75) is 6.61 Å². The third kappa shape index (κ3) is 2.58. The zero-order valence-electron chi connectivity index (χ0n) is 10.5. The van der Waals surface area contributed by atoms with Crippen molar-refractivity contribution >= 4 is 32.8 Å². The number of aromatic nitrogens is 2. The lowest BCUT2D eigenvalue weighted by molar-refractivity contribution is 0.0468. The van der Waals surface area contributed by atoms with Crippen LogP contribution >= 0.6 is 15.9 Å². The first-order valence-corrected chi connectivity index (χ1v) is 6.88. The minimum absolute atomic E-state index is 0.222. The van der Waals surface area contributed by atoms with Crippen LogP contribution in [0.1, 0.15) is 16.1 Å². The molecule has 0 atom stereocenters. The highest BCUT2D eigenvalue weighted by atomic mass is 79.9. The molecule has 20 heavy (non-hydrogen) atoms. The van der Waals surface area contributed by atoms with Crippen molar-refractivity contribution in [1.29, 1.82) is 0 Å². The summed E-state index contributed by atoms with van der Waals surface area (Å²) in [6, 6.07) is 15.1. The summed E-state index contributed by atoms with van der Waals surface area (Å²) in [4.78, 5) is 12.1. The molecule has 0 radical (unpaired) electrons. The van der Waals surface area contributed by atoms with E-state index < -0.39 is 5.97 Å². The second-order valence-corrected chi connectivity index (χ2v) is 5.24. The van der Waals surface area contributed by atoms with Crippen LogP contribution in [-0.4, -0.2) is 16.2 Å². The van der Waals surface area contributed by atoms with Gasteiger partial charge in [0.15, 0.2) is 5.69 Å². The minimum Gasteiger partial charge on any atom is -0.456 e. The van der Waals surface area contributed by atoms with Gasteiger partial charge in [0.25, 0.3) is 0 Å². The number of ether oxygens (including phenoxy) is 1. The number of fused-ring (bicyclic) bond motifs is 1. The average Bonchev–Trinajstić information content (AvgIpc) is 2.89. The molecule has 5 heteroatoms. The van der Waals surface area contributed by atoms with Crippen molar-refractivity contribution in [2.75, 3.05) is 0 Å². The molecule has 2 aromatic carbocycles. The lowest BCUT2D eigenvalue weighted by Crippen LogP contribution is -2.06. The molecule has 1 heterocycles. The Kier molecular flexibility index (Phi) is 3.52. The highest BCUT2D eigenvalue weighted by Crippen LogP contribution is 2.17. The van der Waals surface area contributed by atoms with Crippen molar-refractivity contribution in [3.05, 3.63) is 64.3 Å². The molecule has 0 saturated carbocycles. The maximum Gasteiger partial charge on any atom is 0.359 e. The molecule has 1 aromatic heterocycles. The molecule has 0 aliphatic heterocycles. The van der Waals surface area contributed by atoms with Crippen molar-refractivity contribution in [3.8, 4) is 0 Å². The number of benzene rings is 2. The van der Waals surface area contributed by atoms with Gasteiger partial charge in [-0.25, -0.2) is 4.79 Å². The number of halogens is 1. The van der Waals surface area contributed by atoms with Crippen LogP contribution in [0, 0.1) is 0 Å². The van der Waals surface area contributed by atoms with Crippen LogP contribution in [0.3, 0.4) is 0 Å². The van der Waals surface area contributed by atoms with E-state index in [0.29, 0.717) is 5.69 Å². The number of esters is 1. The van der Waals surface area contributed by atoms with Crippen molar-refractivity contribution in [1.82, 2.24) is 10.2 Å². The number of carbonyl (C=O) groups is 1. The number of rotatable bonds is 3. The van der Waals surface area contributed by atoms with E-state index in [0.717, 1.165) is 20.9 Å². The Hall–Kier alpha value is -2.14. The van der Waals surface area contributed by atoms with Crippen molar-refractivity contribution < 1.29 is 9.53 Å². The number of hydrogen-bond acceptors (Lipinski definition) is 3. The molecule has 0 aliphatic rings. The highest BCUT2D eigenvalue weighted by molar-refractivity contribution is 9.10. The smallest absolute Gasteiger partial charge is 0.359 e. The van der Waals surface area contributed by atoms with Crippen LogP contribution in [0.2, 0.25) is 0 Å². The molecule has 100 valence electrons. The minimum atomic E-state index is -0.428. The van der Waals surface area contributed by atoms with Crippen LogP contribution in [0.15, 0.2) is 53.0 Å². The average molecular weight is 331 g/mol. The van der Waals surface area contributed by atoms with E-state index in [2.05, 4.69) is 26.1 Å². The Morgan fingerprint density at radius 2 is 2.05 bits per heavy atom. The van der Waals surface area contributed by atoms with Crippen molar-refractivity contribution in [3.63, 3.8) is 0 Å². The number of hydrogen-bond donors (Lipinski definition) is 1. The van der Waals surface area contributed by atoms with E-state index in [1.165, 1.54) is 0 Å². The van der Waals surface area contributed by atoms with Crippen LogP contribution in [0.25, 0.3) is 10.9 Å². The summed E-state index contributed by atoms with van der Waals surface area (Å²) in [7, 11) is 0. The second kappa shape index (κ2) is 5.46. The van der Waals surface area contributed by atoms with E-state index >= 15 is 0 Å². The molecule has 3 rings (SSSR count). The fourth-order valence-electron chi connectivity index (χ4n) is 1.96. The standard InChI is InChI=1S/C15H11BrN2O2/c16-11-5-3-4-10(8-11)9-20-15(19)14-12-6-1-2-7-13(12)17-18-14/h1-8H,9H2,(H,17,18). The number of H-pyrrole nitrogens is 1. The van der Waals surface area contributed by atoms with Gasteiger partial charge in [-0.1, -0.05) is 46.3 Å². The number of para-hydroxylation sites is 1. The van der Waals surface area contributed by atoms with Crippen LogP contribution in [-0.2, 0) is 11.3 Å². The topological polar surface area (TPSA) is 55.0 Å². The van der Waals surface area contributed by atoms with Crippen molar-refractivity contribution in [2.24, 2.45) is 0 Å². The highest BCUT2D eigenvalue weighted by Gasteiger charge is 2.15. The number of aromatic amines is 1. The zero-order valence-corrected chi connectivity index (χ0v) is 12.1. The lowest BCUT2D eigenvalue weighted by Gasteiger charge is -2.03. The fourth-order valence-corrected chi connectivity index (χ4v) is 2.41. The van der Waals surface area contributed by atoms with Crippen LogP contribution < -0.4 is 0 Å². The van der Waals surface area contributed by atoms with Gasteiger partial charge in [-0.2, -0.15) is 5.10 Å². The summed E-state index contributed by atoms with van der Waals surface area (Å²) in [5.74, 6) is -0.428. The summed E-state index contributed by atoms with van der Waals surface area (Å²) in [6.45, 7) is 0.222. The predicted molar refractivity (Wildman–Crippen MR) is 79.4 cm³/mol. The monoisotopic (exact) mass is 330 g/mol. The molecular formula is C15H11BrN2O2. The number of nitrogens with zero attached hydrogens (tertiary/aromatic N) is 1. The second-order valence-electron chi connectivity index (χ2n) is 4.32. The molecule has 0 spiro atoms. The van der Waals surface area contributed by atoms with Gasteiger partial charge in [-0.15, -0.1) is 0 Å². The normalized spacial score (nSPS) is 10.7. The summed E-state index contributed by atoms with van der Waals surface area (Å²) < 4.78 is 6.25. The molecule has 0 amide bonds. The van der Waals surface area contributed by atoms with E-state index in [-0.39, 0.29) is 6.61 Å². The van der Waals surface area contributed by atoms with Gasteiger partial charge in [0.05, 0.1) is 5.52 Å². The molecule has 4 nitrogen and oxygen atoms in total. The van der Waals surface area contributed by atoms with E-state index in [4.69, 9.17) is 4.74 Å². The summed E-state index contributed by atoms with van der Waals surface area (Å²) >= 11 is 3.38. The molecule has 0 unspecified atom stereocenters. The Morgan fingerprint density at radius 1 is 1.20 bits per heavy atom. The Balaban J connectivity index is 1.76. The molecule has 0 bridgehead atoms. The fraction of sp³-hybridized carbons (Fsp3) is 0.0667. The summed E-state index contributed by atoms with van der Waals surface area (Å²) in [5.41, 5.74) is 2.06. The quantitative estimate of drug-likeness (QED) is 0.745. The first kappa shape index (κ1) is 12.9. The third-order valence-electron chi connectivity index (χ3n) is 2.92. The van der Waals surface area contributed by atoms with E-state index in [1.807, 2.05) is 48.5 Å².